The first-order valence-corrected chi connectivity index (χ1v) is 11.2. The number of β-amino-alcohol motifs (C(OH)–C–C–N with tert-alkyl or cyclic N) is 1. The first-order valence-electron chi connectivity index (χ1n) is 11.2. The molecule has 32 heavy (non-hydrogen) atoms. The number of piperazine rings is 1. The van der Waals surface area contributed by atoms with E-state index >= 15 is 0 Å². The van der Waals surface area contributed by atoms with Crippen LogP contribution in [0.25, 0.3) is 0 Å². The molecule has 4 rings (SSSR count). The molecule has 0 saturated carbocycles. The smallest absolute Gasteiger partial charge is 0.236 e. The van der Waals surface area contributed by atoms with Crippen LogP contribution in [-0.2, 0) is 17.9 Å². The Labute approximate surface area is 190 Å². The summed E-state index contributed by atoms with van der Waals surface area (Å²) in [5.41, 5.74) is 4.31. The van der Waals surface area contributed by atoms with Crippen LogP contribution in [0.3, 0.4) is 0 Å². The van der Waals surface area contributed by atoms with Gasteiger partial charge in [-0.05, 0) is 30.2 Å². The standard InChI is InChI=1S/C25H33N3O4/c1-18-6-4-5-7-19(18)14-26-10-12-28(13-11-26)24(30)17-27-15-20-22(31-2)8-9-23(32-3)25(20)21(29)16-27/h4-9,21,29H,10-17H2,1-3H3/t21-/m1/s1. The fourth-order valence-corrected chi connectivity index (χ4v) is 4.74. The summed E-state index contributed by atoms with van der Waals surface area (Å²) >= 11 is 0. The lowest BCUT2D eigenvalue weighted by Crippen LogP contribution is -2.51. The first kappa shape index (κ1) is 22.6. The van der Waals surface area contributed by atoms with E-state index in [4.69, 9.17) is 9.47 Å². The number of ether oxygens (including phenoxy) is 2. The molecule has 2 aliphatic rings. The summed E-state index contributed by atoms with van der Waals surface area (Å²) in [6, 6.07) is 12.1. The average Bonchev–Trinajstić information content (AvgIpc) is 2.80. The van der Waals surface area contributed by atoms with Crippen molar-refractivity contribution < 1.29 is 19.4 Å². The average molecular weight is 440 g/mol. The van der Waals surface area contributed by atoms with E-state index in [9.17, 15) is 9.90 Å². The largest absolute Gasteiger partial charge is 0.496 e. The zero-order chi connectivity index (χ0) is 22.7. The summed E-state index contributed by atoms with van der Waals surface area (Å²) in [4.78, 5) is 19.4. The molecule has 2 heterocycles. The Hall–Kier alpha value is -2.61. The van der Waals surface area contributed by atoms with Crippen molar-refractivity contribution in [3.05, 3.63) is 58.7 Å². The molecule has 1 fully saturated rings. The molecule has 172 valence electrons. The van der Waals surface area contributed by atoms with Crippen molar-refractivity contribution in [2.45, 2.75) is 26.1 Å². The van der Waals surface area contributed by atoms with Gasteiger partial charge in [0.1, 0.15) is 11.5 Å². The van der Waals surface area contributed by atoms with Crippen LogP contribution in [0, 0.1) is 6.92 Å². The Morgan fingerprint density at radius 1 is 1.00 bits per heavy atom. The number of aliphatic hydroxyl groups is 1. The molecule has 2 aromatic rings. The predicted molar refractivity (Wildman–Crippen MR) is 123 cm³/mol. The van der Waals surface area contributed by atoms with E-state index in [-0.39, 0.29) is 12.5 Å². The summed E-state index contributed by atoms with van der Waals surface area (Å²) in [6.45, 7) is 7.50. The SMILES string of the molecule is COc1ccc(OC)c2c1CN(CC(=O)N1CCN(Cc3ccccc3C)CC1)C[C@H]2O. The van der Waals surface area contributed by atoms with Crippen LogP contribution in [-0.4, -0.2) is 79.2 Å². The van der Waals surface area contributed by atoms with Crippen LogP contribution in [0.5, 0.6) is 11.5 Å². The van der Waals surface area contributed by atoms with Crippen molar-refractivity contribution in [3.63, 3.8) is 0 Å². The number of aliphatic hydroxyl groups excluding tert-OH is 1. The summed E-state index contributed by atoms with van der Waals surface area (Å²) in [5, 5.41) is 10.8. The Morgan fingerprint density at radius 2 is 1.69 bits per heavy atom. The van der Waals surface area contributed by atoms with Gasteiger partial charge in [-0.25, -0.2) is 0 Å². The van der Waals surface area contributed by atoms with Crippen molar-refractivity contribution in [1.29, 1.82) is 0 Å². The van der Waals surface area contributed by atoms with Crippen LogP contribution in [0.1, 0.15) is 28.4 Å². The normalized spacial score (nSPS) is 19.5. The van der Waals surface area contributed by atoms with Gasteiger partial charge < -0.3 is 19.5 Å². The summed E-state index contributed by atoms with van der Waals surface area (Å²) in [5.74, 6) is 1.48. The molecule has 7 nitrogen and oxygen atoms in total. The maximum absolute atomic E-state index is 13.0. The lowest BCUT2D eigenvalue weighted by molar-refractivity contribution is -0.134. The number of fused-ring (bicyclic) bond motifs is 1. The molecule has 2 aliphatic heterocycles. The van der Waals surface area contributed by atoms with Crippen molar-refractivity contribution in [2.24, 2.45) is 0 Å². The van der Waals surface area contributed by atoms with Gasteiger partial charge in [0.25, 0.3) is 0 Å². The molecule has 0 radical (unpaired) electrons. The lowest BCUT2D eigenvalue weighted by Gasteiger charge is -2.37. The summed E-state index contributed by atoms with van der Waals surface area (Å²) < 4.78 is 10.9. The third-order valence-electron chi connectivity index (χ3n) is 6.60. The molecule has 1 saturated heterocycles. The number of benzene rings is 2. The predicted octanol–water partition coefficient (Wildman–Crippen LogP) is 2.21. The maximum atomic E-state index is 13.0. The van der Waals surface area contributed by atoms with Crippen molar-refractivity contribution in [3.8, 4) is 11.5 Å². The molecule has 0 bridgehead atoms. The highest BCUT2D eigenvalue weighted by molar-refractivity contribution is 5.78. The third kappa shape index (κ3) is 4.75. The Balaban J connectivity index is 1.35. The minimum absolute atomic E-state index is 0.109. The van der Waals surface area contributed by atoms with E-state index in [0.717, 1.165) is 43.9 Å². The van der Waals surface area contributed by atoms with Crippen molar-refractivity contribution in [1.82, 2.24) is 14.7 Å². The second kappa shape index (κ2) is 9.90. The number of carbonyl (C=O) groups is 1. The molecule has 0 spiro atoms. The molecule has 0 aromatic heterocycles. The molecule has 0 aliphatic carbocycles. The molecule has 1 atom stereocenters. The van der Waals surface area contributed by atoms with E-state index in [1.54, 1.807) is 14.2 Å². The second-order valence-corrected chi connectivity index (χ2v) is 8.63. The number of methoxy groups -OCH3 is 2. The van der Waals surface area contributed by atoms with Gasteiger partial charge in [0.05, 0.1) is 26.9 Å². The summed E-state index contributed by atoms with van der Waals surface area (Å²) in [6.07, 6.45) is -0.720. The van der Waals surface area contributed by atoms with Crippen molar-refractivity contribution >= 4 is 5.91 Å². The van der Waals surface area contributed by atoms with Crippen LogP contribution >= 0.6 is 0 Å². The maximum Gasteiger partial charge on any atom is 0.236 e. The zero-order valence-electron chi connectivity index (χ0n) is 19.2. The molecular formula is C25H33N3O4. The Kier molecular flexibility index (Phi) is 6.98. The second-order valence-electron chi connectivity index (χ2n) is 8.63. The van der Waals surface area contributed by atoms with E-state index < -0.39 is 6.10 Å². The van der Waals surface area contributed by atoms with E-state index in [1.807, 2.05) is 21.9 Å². The van der Waals surface area contributed by atoms with E-state index in [0.29, 0.717) is 24.6 Å². The highest BCUT2D eigenvalue weighted by Gasteiger charge is 2.31. The van der Waals surface area contributed by atoms with Crippen LogP contribution in [0.2, 0.25) is 0 Å². The van der Waals surface area contributed by atoms with E-state index in [2.05, 4.69) is 36.1 Å². The van der Waals surface area contributed by atoms with Gasteiger partial charge in [0.15, 0.2) is 0 Å². The molecule has 1 amide bonds. The van der Waals surface area contributed by atoms with E-state index in [1.165, 1.54) is 11.1 Å². The third-order valence-corrected chi connectivity index (χ3v) is 6.60. The fourth-order valence-electron chi connectivity index (χ4n) is 4.74. The van der Waals surface area contributed by atoms with Gasteiger partial charge in [0.2, 0.25) is 5.91 Å². The molecule has 0 unspecified atom stereocenters. The first-order chi connectivity index (χ1) is 15.5. The van der Waals surface area contributed by atoms with Crippen LogP contribution in [0.4, 0.5) is 0 Å². The molecular weight excluding hydrogens is 406 g/mol. The number of rotatable bonds is 6. The van der Waals surface area contributed by atoms with Gasteiger partial charge in [-0.15, -0.1) is 0 Å². The topological polar surface area (TPSA) is 65.5 Å². The van der Waals surface area contributed by atoms with Crippen LogP contribution < -0.4 is 9.47 Å². The number of carbonyl (C=O) groups excluding carboxylic acids is 1. The number of hydrogen-bond acceptors (Lipinski definition) is 6. The number of aryl methyl sites for hydroxylation is 1. The van der Waals surface area contributed by atoms with Gasteiger partial charge in [-0.1, -0.05) is 24.3 Å². The molecule has 7 heteroatoms. The highest BCUT2D eigenvalue weighted by atomic mass is 16.5. The van der Waals surface area contributed by atoms with Gasteiger partial charge in [0, 0.05) is 56.9 Å². The van der Waals surface area contributed by atoms with Crippen molar-refractivity contribution in [2.75, 3.05) is 53.5 Å². The Bertz CT molecular complexity index is 956. The molecule has 1 N–H and O–H groups in total. The van der Waals surface area contributed by atoms with Crippen LogP contribution in [0.15, 0.2) is 36.4 Å². The lowest BCUT2D eigenvalue weighted by atomic mass is 9.95. The number of amides is 1. The fraction of sp³-hybridized carbons (Fsp3) is 0.480. The van der Waals surface area contributed by atoms with Gasteiger partial charge in [-0.2, -0.15) is 0 Å². The van der Waals surface area contributed by atoms with Gasteiger partial charge >= 0.3 is 0 Å². The van der Waals surface area contributed by atoms with Gasteiger partial charge in [-0.3, -0.25) is 14.6 Å². The molecule has 2 aromatic carbocycles. The highest BCUT2D eigenvalue weighted by Crippen LogP contribution is 2.39. The number of nitrogens with zero attached hydrogens (tertiary/aromatic N) is 3. The monoisotopic (exact) mass is 439 g/mol. The number of hydrogen-bond donors (Lipinski definition) is 1. The minimum atomic E-state index is -0.720. The summed E-state index contributed by atoms with van der Waals surface area (Å²) in [7, 11) is 3.22. The zero-order valence-corrected chi connectivity index (χ0v) is 19.2. The quantitative estimate of drug-likeness (QED) is 0.745. The Morgan fingerprint density at radius 3 is 2.38 bits per heavy atom. The minimum Gasteiger partial charge on any atom is -0.496 e.